The van der Waals surface area contributed by atoms with E-state index in [9.17, 15) is 0 Å². The van der Waals surface area contributed by atoms with Crippen molar-refractivity contribution in [1.29, 1.82) is 0 Å². The van der Waals surface area contributed by atoms with Crippen LogP contribution in [0.5, 0.6) is 0 Å². The van der Waals surface area contributed by atoms with Crippen molar-refractivity contribution in [3.05, 3.63) is 47.8 Å². The first-order chi connectivity index (χ1) is 9.65. The van der Waals surface area contributed by atoms with Gasteiger partial charge in [-0.3, -0.25) is 0 Å². The zero-order chi connectivity index (χ0) is 15.7. The minimum absolute atomic E-state index is 0.109. The lowest BCUT2D eigenvalue weighted by Crippen LogP contribution is -2.35. The van der Waals surface area contributed by atoms with Gasteiger partial charge in [-0.15, -0.1) is 0 Å². The highest BCUT2D eigenvalue weighted by molar-refractivity contribution is 5.36. The summed E-state index contributed by atoms with van der Waals surface area (Å²) in [4.78, 5) is 0. The van der Waals surface area contributed by atoms with Gasteiger partial charge in [0.2, 0.25) is 0 Å². The highest BCUT2D eigenvalue weighted by Crippen LogP contribution is 2.23. The zero-order valence-corrected chi connectivity index (χ0v) is 14.1. The van der Waals surface area contributed by atoms with E-state index in [2.05, 4.69) is 82.3 Å². The maximum atomic E-state index is 4.63. The van der Waals surface area contributed by atoms with Crippen LogP contribution in [-0.2, 0) is 12.0 Å². The first-order valence-corrected chi connectivity index (χ1v) is 7.56. The highest BCUT2D eigenvalue weighted by atomic mass is 15.3. The van der Waals surface area contributed by atoms with Crippen LogP contribution in [0.2, 0.25) is 0 Å². The van der Waals surface area contributed by atoms with E-state index in [4.69, 9.17) is 0 Å². The van der Waals surface area contributed by atoms with Crippen molar-refractivity contribution < 1.29 is 0 Å². The summed E-state index contributed by atoms with van der Waals surface area (Å²) in [6, 6.07) is 10.7. The van der Waals surface area contributed by atoms with Crippen molar-refractivity contribution in [2.45, 2.75) is 59.0 Å². The third-order valence-electron chi connectivity index (χ3n) is 3.44. The van der Waals surface area contributed by atoms with Crippen LogP contribution in [0.1, 0.15) is 52.8 Å². The summed E-state index contributed by atoms with van der Waals surface area (Å²) >= 11 is 0. The Morgan fingerprint density at radius 3 is 2.10 bits per heavy atom. The molecule has 0 atom stereocenters. The number of hydrogen-bond donors (Lipinski definition) is 1. The molecule has 0 spiro atoms. The van der Waals surface area contributed by atoms with Crippen molar-refractivity contribution in [3.63, 3.8) is 0 Å². The predicted octanol–water partition coefficient (Wildman–Crippen LogP) is 4.06. The van der Waals surface area contributed by atoms with E-state index in [1.165, 1.54) is 5.56 Å². The minimum atomic E-state index is 0.109. The van der Waals surface area contributed by atoms with Gasteiger partial charge in [0, 0.05) is 18.3 Å². The molecule has 1 aromatic carbocycles. The molecule has 1 N–H and O–H groups in total. The molecule has 0 aliphatic rings. The third-order valence-corrected chi connectivity index (χ3v) is 3.44. The molecule has 0 saturated carbocycles. The van der Waals surface area contributed by atoms with E-state index in [0.29, 0.717) is 0 Å². The molecule has 2 rings (SSSR count). The maximum absolute atomic E-state index is 4.63. The van der Waals surface area contributed by atoms with Crippen LogP contribution in [0, 0.1) is 0 Å². The SMILES string of the molecule is CC(C)(C)NCc1ccn(-c2ccc(C(C)(C)C)cc2)n1. The van der Waals surface area contributed by atoms with Gasteiger partial charge < -0.3 is 5.32 Å². The van der Waals surface area contributed by atoms with Gasteiger partial charge in [0.25, 0.3) is 0 Å². The third kappa shape index (κ3) is 4.43. The zero-order valence-electron chi connectivity index (χ0n) is 14.1. The Morgan fingerprint density at radius 1 is 0.952 bits per heavy atom. The largest absolute Gasteiger partial charge is 0.306 e. The number of hydrogen-bond acceptors (Lipinski definition) is 2. The summed E-state index contributed by atoms with van der Waals surface area (Å²) in [6.07, 6.45) is 2.02. The van der Waals surface area contributed by atoms with E-state index in [0.717, 1.165) is 17.9 Å². The van der Waals surface area contributed by atoms with Crippen molar-refractivity contribution in [1.82, 2.24) is 15.1 Å². The first kappa shape index (κ1) is 15.8. The maximum Gasteiger partial charge on any atom is 0.0767 e. The molecule has 0 fully saturated rings. The van der Waals surface area contributed by atoms with Gasteiger partial charge in [-0.1, -0.05) is 32.9 Å². The molecule has 2 aromatic rings. The van der Waals surface area contributed by atoms with Crippen LogP contribution < -0.4 is 5.32 Å². The Morgan fingerprint density at radius 2 is 1.57 bits per heavy atom. The summed E-state index contributed by atoms with van der Waals surface area (Å²) in [5.41, 5.74) is 3.80. The van der Waals surface area contributed by atoms with E-state index >= 15 is 0 Å². The normalized spacial score (nSPS) is 12.7. The molecule has 0 radical (unpaired) electrons. The molecule has 0 aliphatic heterocycles. The Kier molecular flexibility index (Phi) is 4.24. The summed E-state index contributed by atoms with van der Waals surface area (Å²) in [5.74, 6) is 0. The van der Waals surface area contributed by atoms with Gasteiger partial charge >= 0.3 is 0 Å². The van der Waals surface area contributed by atoms with Gasteiger partial charge in [-0.25, -0.2) is 4.68 Å². The Labute approximate surface area is 128 Å². The van der Waals surface area contributed by atoms with Gasteiger partial charge in [0.1, 0.15) is 0 Å². The summed E-state index contributed by atoms with van der Waals surface area (Å²) in [5, 5.41) is 8.09. The fraction of sp³-hybridized carbons (Fsp3) is 0.500. The van der Waals surface area contributed by atoms with Crippen LogP contribution in [-0.4, -0.2) is 15.3 Å². The van der Waals surface area contributed by atoms with Gasteiger partial charge in [0.15, 0.2) is 0 Å². The quantitative estimate of drug-likeness (QED) is 0.921. The number of benzene rings is 1. The molecular formula is C18H27N3. The average Bonchev–Trinajstić information content (AvgIpc) is 2.83. The lowest BCUT2D eigenvalue weighted by atomic mass is 9.87. The van der Waals surface area contributed by atoms with Crippen molar-refractivity contribution >= 4 is 0 Å². The van der Waals surface area contributed by atoms with Gasteiger partial charge in [-0.05, 0) is 49.9 Å². The van der Waals surface area contributed by atoms with Crippen LogP contribution in [0.15, 0.2) is 36.5 Å². The van der Waals surface area contributed by atoms with E-state index in [-0.39, 0.29) is 11.0 Å². The van der Waals surface area contributed by atoms with Crippen LogP contribution >= 0.6 is 0 Å². The Balaban J connectivity index is 2.11. The first-order valence-electron chi connectivity index (χ1n) is 7.56. The highest BCUT2D eigenvalue weighted by Gasteiger charge is 2.13. The lowest BCUT2D eigenvalue weighted by Gasteiger charge is -2.19. The van der Waals surface area contributed by atoms with Crippen molar-refractivity contribution in [3.8, 4) is 5.69 Å². The monoisotopic (exact) mass is 285 g/mol. The van der Waals surface area contributed by atoms with Gasteiger partial charge in [-0.2, -0.15) is 5.10 Å². The second-order valence-corrected chi connectivity index (χ2v) is 7.65. The number of aromatic nitrogens is 2. The van der Waals surface area contributed by atoms with Crippen LogP contribution in [0.25, 0.3) is 5.69 Å². The standard InChI is InChI=1S/C18H27N3/c1-17(2,3)14-7-9-16(10-8-14)21-12-11-15(20-21)13-19-18(4,5)6/h7-12,19H,13H2,1-6H3. The molecular weight excluding hydrogens is 258 g/mol. The smallest absolute Gasteiger partial charge is 0.0767 e. The molecule has 0 bridgehead atoms. The van der Waals surface area contributed by atoms with Crippen molar-refractivity contribution in [2.75, 3.05) is 0 Å². The van der Waals surface area contributed by atoms with Gasteiger partial charge in [0.05, 0.1) is 11.4 Å². The summed E-state index contributed by atoms with van der Waals surface area (Å²) in [6.45, 7) is 14.0. The Hall–Kier alpha value is -1.61. The second-order valence-electron chi connectivity index (χ2n) is 7.65. The minimum Gasteiger partial charge on any atom is -0.306 e. The number of nitrogens with zero attached hydrogens (tertiary/aromatic N) is 2. The molecule has 1 heterocycles. The molecule has 21 heavy (non-hydrogen) atoms. The number of rotatable bonds is 3. The van der Waals surface area contributed by atoms with Crippen LogP contribution in [0.3, 0.4) is 0 Å². The molecule has 114 valence electrons. The predicted molar refractivity (Wildman–Crippen MR) is 88.9 cm³/mol. The van der Waals surface area contributed by atoms with Crippen LogP contribution in [0.4, 0.5) is 0 Å². The molecule has 1 aromatic heterocycles. The van der Waals surface area contributed by atoms with Crippen molar-refractivity contribution in [2.24, 2.45) is 0 Å². The average molecular weight is 285 g/mol. The Bertz CT molecular complexity index is 580. The van der Waals surface area contributed by atoms with E-state index in [1.807, 2.05) is 10.9 Å². The molecule has 0 unspecified atom stereocenters. The topological polar surface area (TPSA) is 29.9 Å². The number of nitrogens with one attached hydrogen (secondary N) is 1. The molecule has 0 aliphatic carbocycles. The van der Waals surface area contributed by atoms with E-state index in [1.54, 1.807) is 0 Å². The second kappa shape index (κ2) is 5.64. The molecule has 0 amide bonds. The van der Waals surface area contributed by atoms with E-state index < -0.39 is 0 Å². The fourth-order valence-electron chi connectivity index (χ4n) is 2.07. The molecule has 0 saturated heterocycles. The summed E-state index contributed by atoms with van der Waals surface area (Å²) in [7, 11) is 0. The molecule has 3 nitrogen and oxygen atoms in total. The lowest BCUT2D eigenvalue weighted by molar-refractivity contribution is 0.420. The molecule has 3 heteroatoms. The fourth-order valence-corrected chi connectivity index (χ4v) is 2.07. The summed E-state index contributed by atoms with van der Waals surface area (Å²) < 4.78 is 1.94.